The van der Waals surface area contributed by atoms with Gasteiger partial charge in [-0.2, -0.15) is 0 Å². The van der Waals surface area contributed by atoms with Gasteiger partial charge in [-0.25, -0.2) is 0 Å². The quantitative estimate of drug-likeness (QED) is 0.675. The zero-order valence-electron chi connectivity index (χ0n) is 9.23. The van der Waals surface area contributed by atoms with E-state index in [1.807, 2.05) is 6.92 Å². The summed E-state index contributed by atoms with van der Waals surface area (Å²) in [4.78, 5) is 10.9. The van der Waals surface area contributed by atoms with Gasteiger partial charge in [-0.15, -0.1) is 0 Å². The van der Waals surface area contributed by atoms with E-state index in [0.29, 0.717) is 12.5 Å². The fourth-order valence-electron chi connectivity index (χ4n) is 1.49. The summed E-state index contributed by atoms with van der Waals surface area (Å²) in [6.07, 6.45) is 4.47. The molecule has 0 radical (unpaired) electrons. The van der Waals surface area contributed by atoms with Gasteiger partial charge in [0.25, 0.3) is 0 Å². The highest BCUT2D eigenvalue weighted by Crippen LogP contribution is 2.32. The van der Waals surface area contributed by atoms with Gasteiger partial charge in [-0.3, -0.25) is 9.00 Å². The van der Waals surface area contributed by atoms with Crippen molar-refractivity contribution in [1.29, 1.82) is 0 Å². The van der Waals surface area contributed by atoms with Crippen LogP contribution in [0.25, 0.3) is 0 Å². The van der Waals surface area contributed by atoms with Crippen LogP contribution in [0.4, 0.5) is 0 Å². The lowest BCUT2D eigenvalue weighted by Crippen LogP contribution is -2.39. The fraction of sp³-hybridized carbons (Fsp3) is 0.900. The number of aliphatic carboxylic acids is 1. The van der Waals surface area contributed by atoms with Gasteiger partial charge >= 0.3 is 5.97 Å². The van der Waals surface area contributed by atoms with Crippen molar-refractivity contribution in [2.75, 3.05) is 12.8 Å². The second-order valence-corrected chi connectivity index (χ2v) is 6.01. The van der Waals surface area contributed by atoms with E-state index in [9.17, 15) is 9.00 Å². The molecule has 4 nitrogen and oxygen atoms in total. The Kier molecular flexibility index (Phi) is 4.73. The van der Waals surface area contributed by atoms with Crippen LogP contribution in [-0.2, 0) is 15.6 Å². The number of nitrogens with one attached hydrogen (secondary N) is 1. The first kappa shape index (κ1) is 12.6. The van der Waals surface area contributed by atoms with Crippen molar-refractivity contribution in [3.63, 3.8) is 0 Å². The molecule has 1 aliphatic carbocycles. The number of carboxylic acid groups (broad SMARTS) is 1. The average Bonchev–Trinajstić information content (AvgIpc) is 2.94. The molecule has 0 saturated heterocycles. The van der Waals surface area contributed by atoms with Crippen LogP contribution in [0.3, 0.4) is 0 Å². The van der Waals surface area contributed by atoms with E-state index < -0.39 is 22.8 Å². The van der Waals surface area contributed by atoms with Crippen LogP contribution in [0.2, 0.25) is 0 Å². The highest BCUT2D eigenvalue weighted by molar-refractivity contribution is 7.84. The SMILES string of the molecule is CC(CCNC(C(=O)O)C1CC1)S(C)=O. The molecule has 0 aromatic heterocycles. The first-order valence-corrected chi connectivity index (χ1v) is 6.93. The summed E-state index contributed by atoms with van der Waals surface area (Å²) in [6, 6.07) is -0.400. The molecule has 1 aliphatic rings. The summed E-state index contributed by atoms with van der Waals surface area (Å²) in [5.41, 5.74) is 0. The molecule has 3 atom stereocenters. The summed E-state index contributed by atoms with van der Waals surface area (Å²) in [7, 11) is -0.818. The van der Waals surface area contributed by atoms with E-state index in [-0.39, 0.29) is 5.25 Å². The molecule has 0 spiro atoms. The van der Waals surface area contributed by atoms with Crippen LogP contribution in [0.15, 0.2) is 0 Å². The van der Waals surface area contributed by atoms with E-state index in [1.165, 1.54) is 0 Å². The number of hydrogen-bond donors (Lipinski definition) is 2. The summed E-state index contributed by atoms with van der Waals surface area (Å²) < 4.78 is 11.1. The molecule has 0 amide bonds. The van der Waals surface area contributed by atoms with Crippen LogP contribution in [0.1, 0.15) is 26.2 Å². The standard InChI is InChI=1S/C10H19NO3S/c1-7(15(2)14)5-6-11-9(10(12)13)8-3-4-8/h7-9,11H,3-6H2,1-2H3,(H,12,13). The van der Waals surface area contributed by atoms with Gasteiger partial charge in [0, 0.05) is 22.3 Å². The number of hydrogen-bond acceptors (Lipinski definition) is 3. The molecule has 1 fully saturated rings. The summed E-state index contributed by atoms with van der Waals surface area (Å²) in [5, 5.41) is 12.1. The maximum atomic E-state index is 11.1. The molecule has 1 rings (SSSR count). The Labute approximate surface area is 92.9 Å². The number of carboxylic acids is 1. The molecule has 3 unspecified atom stereocenters. The third kappa shape index (κ3) is 4.30. The molecular weight excluding hydrogens is 214 g/mol. The molecule has 5 heteroatoms. The average molecular weight is 233 g/mol. The molecule has 0 aliphatic heterocycles. The van der Waals surface area contributed by atoms with E-state index in [0.717, 1.165) is 19.3 Å². The van der Waals surface area contributed by atoms with Gasteiger partial charge in [-0.1, -0.05) is 6.92 Å². The van der Waals surface area contributed by atoms with E-state index in [4.69, 9.17) is 5.11 Å². The van der Waals surface area contributed by atoms with Crippen LogP contribution in [0.5, 0.6) is 0 Å². The normalized spacial score (nSPS) is 22.0. The zero-order valence-corrected chi connectivity index (χ0v) is 10.0. The van der Waals surface area contributed by atoms with E-state index >= 15 is 0 Å². The van der Waals surface area contributed by atoms with Gasteiger partial charge < -0.3 is 10.4 Å². The minimum absolute atomic E-state index is 0.131. The molecule has 0 aromatic rings. The van der Waals surface area contributed by atoms with Crippen molar-refractivity contribution in [2.24, 2.45) is 5.92 Å². The predicted octanol–water partition coefficient (Wildman–Crippen LogP) is 0.596. The third-order valence-electron chi connectivity index (χ3n) is 2.84. The molecule has 1 saturated carbocycles. The Morgan fingerprint density at radius 2 is 2.20 bits per heavy atom. The molecule has 0 bridgehead atoms. The van der Waals surface area contributed by atoms with Crippen LogP contribution in [-0.4, -0.2) is 39.4 Å². The smallest absolute Gasteiger partial charge is 0.320 e. The topological polar surface area (TPSA) is 66.4 Å². The maximum Gasteiger partial charge on any atom is 0.320 e. The molecule has 0 aromatic carbocycles. The van der Waals surface area contributed by atoms with Gasteiger partial charge in [0.1, 0.15) is 6.04 Å². The van der Waals surface area contributed by atoms with Crippen LogP contribution >= 0.6 is 0 Å². The van der Waals surface area contributed by atoms with Crippen molar-refractivity contribution in [1.82, 2.24) is 5.32 Å². The second-order valence-electron chi connectivity index (χ2n) is 4.21. The van der Waals surface area contributed by atoms with Crippen molar-refractivity contribution in [3.8, 4) is 0 Å². The highest BCUT2D eigenvalue weighted by Gasteiger charge is 2.35. The largest absolute Gasteiger partial charge is 0.480 e. The first-order chi connectivity index (χ1) is 7.02. The lowest BCUT2D eigenvalue weighted by atomic mass is 10.2. The molecule has 15 heavy (non-hydrogen) atoms. The Morgan fingerprint density at radius 1 is 1.60 bits per heavy atom. The molecule has 88 valence electrons. The predicted molar refractivity (Wildman–Crippen MR) is 60.3 cm³/mol. The van der Waals surface area contributed by atoms with Gasteiger partial charge in [-0.05, 0) is 31.7 Å². The van der Waals surface area contributed by atoms with Crippen molar-refractivity contribution >= 4 is 16.8 Å². The van der Waals surface area contributed by atoms with Crippen molar-refractivity contribution in [2.45, 2.75) is 37.5 Å². The number of rotatable bonds is 7. The summed E-state index contributed by atoms with van der Waals surface area (Å²) >= 11 is 0. The summed E-state index contributed by atoms with van der Waals surface area (Å²) in [5.74, 6) is -0.451. The van der Waals surface area contributed by atoms with Gasteiger partial charge in [0.2, 0.25) is 0 Å². The summed E-state index contributed by atoms with van der Waals surface area (Å²) in [6.45, 7) is 2.55. The van der Waals surface area contributed by atoms with Crippen LogP contribution in [0, 0.1) is 5.92 Å². The molecule has 2 N–H and O–H groups in total. The first-order valence-electron chi connectivity index (χ1n) is 5.30. The minimum atomic E-state index is -0.818. The number of carbonyl (C=O) groups is 1. The highest BCUT2D eigenvalue weighted by atomic mass is 32.2. The minimum Gasteiger partial charge on any atom is -0.480 e. The molecule has 0 heterocycles. The van der Waals surface area contributed by atoms with Crippen LogP contribution < -0.4 is 5.32 Å². The monoisotopic (exact) mass is 233 g/mol. The lowest BCUT2D eigenvalue weighted by Gasteiger charge is -2.14. The molecular formula is C10H19NO3S. The zero-order chi connectivity index (χ0) is 11.4. The Bertz CT molecular complexity index is 253. The Hall–Kier alpha value is -0.420. The van der Waals surface area contributed by atoms with Crippen molar-refractivity contribution < 1.29 is 14.1 Å². The van der Waals surface area contributed by atoms with Crippen molar-refractivity contribution in [3.05, 3.63) is 0 Å². The fourth-order valence-corrected chi connectivity index (χ4v) is 1.94. The lowest BCUT2D eigenvalue weighted by molar-refractivity contribution is -0.140. The Morgan fingerprint density at radius 3 is 2.60 bits per heavy atom. The van der Waals surface area contributed by atoms with Gasteiger partial charge in [0.05, 0.1) is 0 Å². The van der Waals surface area contributed by atoms with E-state index in [2.05, 4.69) is 5.32 Å². The van der Waals surface area contributed by atoms with E-state index in [1.54, 1.807) is 6.26 Å². The van der Waals surface area contributed by atoms with Gasteiger partial charge in [0.15, 0.2) is 0 Å². The Balaban J connectivity index is 2.22. The maximum absolute atomic E-state index is 11.1. The third-order valence-corrected chi connectivity index (χ3v) is 4.21. The second kappa shape index (κ2) is 5.61.